The highest BCUT2D eigenvalue weighted by Gasteiger charge is 2.77. The molecular formula is C63H94N6O6S2. The molecule has 4 bridgehead atoms. The van der Waals surface area contributed by atoms with Gasteiger partial charge < -0.3 is 10.2 Å². The fourth-order valence-corrected chi connectivity index (χ4v) is 23.0. The van der Waals surface area contributed by atoms with Crippen LogP contribution < -0.4 is 22.8 Å². The lowest BCUT2D eigenvalue weighted by Crippen LogP contribution is -2.76. The molecule has 4 spiro atoms. The maximum Gasteiger partial charge on any atom is 0.348 e. The third-order valence-corrected chi connectivity index (χ3v) is 28.1. The third-order valence-electron chi connectivity index (χ3n) is 25.9. The first-order chi connectivity index (χ1) is 36.4. The molecule has 20 atom stereocenters. The van der Waals surface area contributed by atoms with Crippen LogP contribution in [0, 0.1) is 92.7 Å². The van der Waals surface area contributed by atoms with Gasteiger partial charge in [-0.3, -0.25) is 0 Å². The van der Waals surface area contributed by atoms with Crippen LogP contribution in [-0.2, 0) is 34.6 Å². The second-order valence-corrected chi connectivity index (χ2v) is 31.9. The molecule has 12 nitrogen and oxygen atoms in total. The number of fused-ring (bicyclic) bond motifs is 2. The minimum absolute atomic E-state index is 0.0269. The van der Waals surface area contributed by atoms with Crippen molar-refractivity contribution >= 4 is 21.6 Å². The van der Waals surface area contributed by atoms with Crippen molar-refractivity contribution in [2.75, 3.05) is 5.75 Å². The first-order valence-corrected chi connectivity index (χ1v) is 33.1. The van der Waals surface area contributed by atoms with Crippen LogP contribution in [0.5, 0.6) is 0 Å². The van der Waals surface area contributed by atoms with Crippen LogP contribution in [0.1, 0.15) is 173 Å². The van der Waals surface area contributed by atoms with E-state index in [1.807, 2.05) is 18.7 Å². The van der Waals surface area contributed by atoms with Gasteiger partial charge in [-0.15, -0.1) is 0 Å². The highest BCUT2D eigenvalue weighted by molar-refractivity contribution is 8.76. The molecule has 12 aliphatic rings. The second kappa shape index (κ2) is 18.3. The van der Waals surface area contributed by atoms with Gasteiger partial charge in [0.05, 0.1) is 40.2 Å². The summed E-state index contributed by atoms with van der Waals surface area (Å²) in [7, 11) is 2.93. The zero-order chi connectivity index (χ0) is 54.9. The maximum absolute atomic E-state index is 15.4. The molecule has 77 heavy (non-hydrogen) atoms. The van der Waals surface area contributed by atoms with E-state index in [2.05, 4.69) is 132 Å². The Morgan fingerprint density at radius 3 is 1.36 bits per heavy atom. The molecular weight excluding hydrogens is 1000 g/mol. The summed E-state index contributed by atoms with van der Waals surface area (Å²) in [5, 5.41) is 22.9. The van der Waals surface area contributed by atoms with Crippen LogP contribution >= 0.6 is 21.6 Å². The van der Waals surface area contributed by atoms with Crippen molar-refractivity contribution < 1.29 is 10.2 Å². The molecule has 14 heteroatoms. The molecule has 2 N–H and O–H groups in total. The largest absolute Gasteiger partial charge is 0.393 e. The summed E-state index contributed by atoms with van der Waals surface area (Å²) in [6, 6.07) is 0. The molecule has 6 fully saturated rings. The van der Waals surface area contributed by atoms with E-state index in [0.717, 1.165) is 64.2 Å². The van der Waals surface area contributed by atoms with Crippen LogP contribution in [0.3, 0.4) is 0 Å². The molecule has 8 aliphatic carbocycles. The van der Waals surface area contributed by atoms with Gasteiger partial charge in [0.15, 0.2) is 0 Å². The summed E-state index contributed by atoms with van der Waals surface area (Å²) in [5.74, 6) is 5.10. The lowest BCUT2D eigenvalue weighted by Gasteiger charge is -2.71. The average molecular weight is 1100 g/mol. The first-order valence-electron chi connectivity index (χ1n) is 30.7. The number of hydrogen-bond acceptors (Lipinski definition) is 8. The summed E-state index contributed by atoms with van der Waals surface area (Å²) < 4.78 is 10.5. The van der Waals surface area contributed by atoms with E-state index in [1.54, 1.807) is 0 Å². The highest BCUT2D eigenvalue weighted by atomic mass is 33.1. The third kappa shape index (κ3) is 6.91. The maximum atomic E-state index is 15.4. The van der Waals surface area contributed by atoms with Gasteiger partial charge in [0.25, 0.3) is 0 Å². The number of aromatic nitrogens is 6. The SMILES string of the molecule is CC(C)[C@@H](C)/C=C/[C@@H](C)[C@H]1CC[C@H]2C34C=CC5(C[C@@H](O)CC[C@]5(C)[C@H]3CC[C@]12C)n1c(=O)n(CCSSCn2c(=O)n3n(c2=O)C25C=CC36[C@@H]3CC[C@H]([C@H](C)/C=C/[C@H](C)C(C)C)[C@@]3(C)CC[C@@H]6[C@@]2(C)CC[C@H](O)C5)c(=O)n14. The highest BCUT2D eigenvalue weighted by Crippen LogP contribution is 2.76. The summed E-state index contributed by atoms with van der Waals surface area (Å²) in [6.07, 6.45) is 30.0. The van der Waals surface area contributed by atoms with Gasteiger partial charge in [0.2, 0.25) is 0 Å². The van der Waals surface area contributed by atoms with E-state index in [-0.39, 0.29) is 80.5 Å². The standard InChI is InChI=1S/C63H94N6O6S2/c1-38(2)40(5)13-15-42(7)46-17-19-48-56(46,9)25-23-50-58(11)27-21-44(70)35-60(58)29-31-62(48,50)68-53(73)64(52(72)66(60)68)33-34-76-77-37-65-54(74)67-61-30-32-63(69(67)55(65)75)49-20-18-47(43(8)16-14-41(6)39(3)4)57(49,10)26-24-51(63)59(61,12)28-22-45(71)36-61/h13-16,29-32,38-51,70-71H,17-28,33-37H2,1-12H3/b15-13+,16-14+/t40-,41-,42+,43+,44-,45-,46+,47+,48+,49+,50+,51+,56+,57+,58+,59+,60?,61?,62?,63?/m0/s1. The van der Waals surface area contributed by atoms with Gasteiger partial charge in [-0.25, -0.2) is 47.0 Å². The Hall–Kier alpha value is -2.94. The van der Waals surface area contributed by atoms with Crippen molar-refractivity contribution in [2.24, 2.45) is 92.7 Å². The molecule has 6 heterocycles. The minimum atomic E-state index is -0.809. The van der Waals surface area contributed by atoms with Gasteiger partial charge in [-0.05, 0) is 159 Å². The Balaban J connectivity index is 0.844. The minimum Gasteiger partial charge on any atom is -0.393 e. The van der Waals surface area contributed by atoms with Crippen LogP contribution in [-0.4, -0.2) is 56.0 Å². The molecule has 14 rings (SSSR count). The van der Waals surface area contributed by atoms with Gasteiger partial charge in [0, 0.05) is 36.0 Å². The van der Waals surface area contributed by atoms with E-state index in [9.17, 15) is 10.2 Å². The second-order valence-electron chi connectivity index (χ2n) is 29.3. The zero-order valence-corrected chi connectivity index (χ0v) is 50.4. The number of nitrogens with zero attached hydrogens (tertiary/aromatic N) is 6. The van der Waals surface area contributed by atoms with E-state index in [1.165, 1.54) is 30.7 Å². The Labute approximate surface area is 466 Å². The van der Waals surface area contributed by atoms with Crippen LogP contribution in [0.25, 0.3) is 0 Å². The molecule has 424 valence electrons. The number of aliphatic hydroxyl groups excluding tert-OH is 2. The molecule has 0 radical (unpaired) electrons. The van der Waals surface area contributed by atoms with E-state index < -0.39 is 34.4 Å². The van der Waals surface area contributed by atoms with E-state index in [4.69, 9.17) is 0 Å². The molecule has 4 aliphatic heterocycles. The van der Waals surface area contributed by atoms with Crippen LogP contribution in [0.2, 0.25) is 0 Å². The molecule has 6 saturated carbocycles. The van der Waals surface area contributed by atoms with Crippen molar-refractivity contribution in [1.82, 2.24) is 27.9 Å². The Morgan fingerprint density at radius 1 is 0.506 bits per heavy atom. The van der Waals surface area contributed by atoms with Crippen LogP contribution in [0.4, 0.5) is 0 Å². The predicted octanol–water partition coefficient (Wildman–Crippen LogP) is 10.9. The zero-order valence-electron chi connectivity index (χ0n) is 48.7. The summed E-state index contributed by atoms with van der Waals surface area (Å²) >= 11 is 0. The summed E-state index contributed by atoms with van der Waals surface area (Å²) in [4.78, 5) is 61.3. The lowest BCUT2D eigenvalue weighted by atomic mass is 9.40. The Bertz CT molecular complexity index is 2860. The molecule has 2 aromatic rings. The van der Waals surface area contributed by atoms with Crippen molar-refractivity contribution in [3.05, 3.63) is 90.5 Å². The topological polar surface area (TPSA) is 138 Å². The number of rotatable bonds is 14. The lowest BCUT2D eigenvalue weighted by molar-refractivity contribution is -0.199. The van der Waals surface area contributed by atoms with Gasteiger partial charge >= 0.3 is 22.8 Å². The smallest absolute Gasteiger partial charge is 0.348 e. The molecule has 0 amide bonds. The average Bonchev–Trinajstić information content (AvgIpc) is 4.27. The summed E-state index contributed by atoms with van der Waals surface area (Å²) in [5.41, 5.74) is -4.70. The van der Waals surface area contributed by atoms with Gasteiger partial charge in [0.1, 0.15) is 0 Å². The molecule has 4 unspecified atom stereocenters. The monoisotopic (exact) mass is 1090 g/mol. The van der Waals surface area contributed by atoms with Crippen molar-refractivity contribution in [2.45, 2.75) is 220 Å². The number of allylic oxidation sites excluding steroid dienone is 8. The molecule has 0 saturated heterocycles. The van der Waals surface area contributed by atoms with E-state index >= 15 is 19.2 Å². The van der Waals surface area contributed by atoms with E-state index in [0.29, 0.717) is 78.8 Å². The first kappa shape index (κ1) is 54.6. The van der Waals surface area contributed by atoms with Gasteiger partial charge in [-0.2, -0.15) is 0 Å². The van der Waals surface area contributed by atoms with Crippen LogP contribution in [0.15, 0.2) is 67.8 Å². The van der Waals surface area contributed by atoms with Crippen molar-refractivity contribution in [3.8, 4) is 0 Å². The Kier molecular flexibility index (Phi) is 13.0. The summed E-state index contributed by atoms with van der Waals surface area (Å²) in [6.45, 7) is 28.4. The predicted molar refractivity (Wildman–Crippen MR) is 311 cm³/mol. The van der Waals surface area contributed by atoms with Crippen molar-refractivity contribution in [1.29, 1.82) is 0 Å². The molecule has 2 aromatic heterocycles. The fraction of sp³-hybridized carbons (Fsp3) is 0.810. The number of aliphatic hydroxyl groups is 2. The Morgan fingerprint density at radius 2 is 0.922 bits per heavy atom. The normalized spacial score (nSPS) is 44.5. The molecule has 0 aromatic carbocycles. The van der Waals surface area contributed by atoms with Crippen molar-refractivity contribution in [3.63, 3.8) is 0 Å². The fourth-order valence-electron chi connectivity index (χ4n) is 21.1. The van der Waals surface area contributed by atoms with Gasteiger partial charge in [-0.1, -0.05) is 153 Å². The quantitative estimate of drug-likeness (QED) is 0.108. The number of hydrogen-bond donors (Lipinski definition) is 2.